The molecule has 41 heavy (non-hydrogen) atoms. The second-order valence-electron chi connectivity index (χ2n) is 13.3. The molecule has 9 nitrogen and oxygen atoms in total. The van der Waals surface area contributed by atoms with Crippen LogP contribution in [0.15, 0.2) is 29.8 Å². The number of β-amino-alcohol motifs (C(OH)–C–C–N with tert-alkyl or cyclic N) is 1. The second-order valence-corrected chi connectivity index (χ2v) is 14.1. The fourth-order valence-corrected chi connectivity index (χ4v) is 7.51. The Balaban J connectivity index is 1.20. The van der Waals surface area contributed by atoms with Crippen LogP contribution in [0.3, 0.4) is 0 Å². The highest BCUT2D eigenvalue weighted by molar-refractivity contribution is 7.13. The number of likely N-dealkylation sites (tertiary alicyclic amines) is 1. The van der Waals surface area contributed by atoms with Gasteiger partial charge >= 0.3 is 0 Å². The molecule has 2 aromatic rings. The highest BCUT2D eigenvalue weighted by atomic mass is 32.1. The molecule has 2 saturated carbocycles. The lowest BCUT2D eigenvalue weighted by atomic mass is 9.48. The molecule has 1 aliphatic heterocycles. The first-order valence-electron chi connectivity index (χ1n) is 14.4. The van der Waals surface area contributed by atoms with Crippen molar-refractivity contribution < 1.29 is 24.3 Å². The molecule has 5 rings (SSSR count). The molecule has 2 aliphatic carbocycles. The minimum atomic E-state index is -0.834. The number of thiazole rings is 1. The number of aliphatic hydroxyl groups is 1. The van der Waals surface area contributed by atoms with Crippen molar-refractivity contribution in [2.45, 2.75) is 84.5 Å². The summed E-state index contributed by atoms with van der Waals surface area (Å²) in [5.41, 5.74) is 4.30. The number of hydrogen-bond acceptors (Lipinski definition) is 7. The maximum atomic E-state index is 13.8. The molecule has 0 radical (unpaired) electrons. The fourth-order valence-electron chi connectivity index (χ4n) is 6.69. The number of nitrogens with one attached hydrogen (secondary N) is 2. The topological polar surface area (TPSA) is 129 Å². The summed E-state index contributed by atoms with van der Waals surface area (Å²) < 4.78 is 0. The second kappa shape index (κ2) is 11.3. The Morgan fingerprint density at radius 1 is 1.15 bits per heavy atom. The van der Waals surface area contributed by atoms with Crippen LogP contribution in [0, 0.1) is 29.6 Å². The zero-order valence-electron chi connectivity index (χ0n) is 24.2. The molecular formula is C31H40N4O5S. The Morgan fingerprint density at radius 3 is 2.41 bits per heavy atom. The van der Waals surface area contributed by atoms with Gasteiger partial charge < -0.3 is 25.4 Å². The summed E-state index contributed by atoms with van der Waals surface area (Å²) in [6, 6.07) is 6.27. The summed E-state index contributed by atoms with van der Waals surface area (Å²) in [5.74, 6) is -0.900. The van der Waals surface area contributed by atoms with Gasteiger partial charge in [-0.2, -0.15) is 0 Å². The Morgan fingerprint density at radius 2 is 1.83 bits per heavy atom. The van der Waals surface area contributed by atoms with Gasteiger partial charge in [0.25, 0.3) is 0 Å². The van der Waals surface area contributed by atoms with E-state index in [1.807, 2.05) is 57.5 Å². The number of rotatable bonds is 8. The quantitative estimate of drug-likeness (QED) is 0.412. The van der Waals surface area contributed by atoms with E-state index in [2.05, 4.69) is 15.6 Å². The molecule has 3 N–H and O–H groups in total. The van der Waals surface area contributed by atoms with Crippen LogP contribution >= 0.6 is 11.3 Å². The predicted molar refractivity (Wildman–Crippen MR) is 156 cm³/mol. The number of aldehydes is 1. The minimum Gasteiger partial charge on any atom is -0.391 e. The van der Waals surface area contributed by atoms with E-state index in [0.29, 0.717) is 6.54 Å². The summed E-state index contributed by atoms with van der Waals surface area (Å²) >= 11 is 1.58. The highest BCUT2D eigenvalue weighted by Gasteiger charge is 2.55. The van der Waals surface area contributed by atoms with Crippen LogP contribution in [0.2, 0.25) is 0 Å². The van der Waals surface area contributed by atoms with Gasteiger partial charge in [0.05, 0.1) is 22.2 Å². The van der Waals surface area contributed by atoms with Crippen LogP contribution in [0.1, 0.15) is 64.1 Å². The number of carbonyl (C=O) groups excluding carboxylic acids is 4. The lowest BCUT2D eigenvalue weighted by molar-refractivity contribution is -0.150. The van der Waals surface area contributed by atoms with Crippen LogP contribution < -0.4 is 10.6 Å². The smallest absolute Gasteiger partial charge is 0.246 e. The molecular weight excluding hydrogens is 540 g/mol. The van der Waals surface area contributed by atoms with Crippen molar-refractivity contribution >= 4 is 35.3 Å². The van der Waals surface area contributed by atoms with E-state index in [0.717, 1.165) is 53.7 Å². The van der Waals surface area contributed by atoms with E-state index >= 15 is 0 Å². The first-order valence-corrected chi connectivity index (χ1v) is 15.3. The van der Waals surface area contributed by atoms with E-state index in [9.17, 15) is 24.3 Å². The van der Waals surface area contributed by atoms with Gasteiger partial charge in [-0.3, -0.25) is 14.4 Å². The number of aliphatic hydroxyl groups excluding tert-OH is 1. The van der Waals surface area contributed by atoms with Crippen molar-refractivity contribution in [2.75, 3.05) is 6.54 Å². The Hall–Kier alpha value is -3.11. The Kier molecular flexibility index (Phi) is 8.09. The molecule has 1 spiro atoms. The molecule has 1 aromatic carbocycles. The van der Waals surface area contributed by atoms with Crippen molar-refractivity contribution in [3.05, 3.63) is 41.0 Å². The summed E-state index contributed by atoms with van der Waals surface area (Å²) in [4.78, 5) is 58.1. The maximum Gasteiger partial charge on any atom is 0.246 e. The minimum absolute atomic E-state index is 0.0435. The summed E-state index contributed by atoms with van der Waals surface area (Å²) in [5, 5.41) is 16.4. The third-order valence-corrected chi connectivity index (χ3v) is 9.98. The predicted octanol–water partition coefficient (Wildman–Crippen LogP) is 3.23. The normalized spacial score (nSPS) is 28.0. The zero-order chi connectivity index (χ0) is 29.5. The van der Waals surface area contributed by atoms with Crippen molar-refractivity contribution in [1.82, 2.24) is 20.5 Å². The molecule has 1 saturated heterocycles. The number of benzene rings is 1. The first-order chi connectivity index (χ1) is 19.4. The van der Waals surface area contributed by atoms with Gasteiger partial charge in [0.2, 0.25) is 17.7 Å². The maximum absolute atomic E-state index is 13.8. The average molecular weight is 581 g/mol. The van der Waals surface area contributed by atoms with Crippen LogP contribution in [0.5, 0.6) is 0 Å². The molecule has 3 fully saturated rings. The number of amides is 3. The van der Waals surface area contributed by atoms with E-state index in [-0.39, 0.29) is 47.9 Å². The van der Waals surface area contributed by atoms with E-state index in [1.165, 1.54) is 4.90 Å². The van der Waals surface area contributed by atoms with Crippen LogP contribution in [-0.4, -0.2) is 63.7 Å². The fraction of sp³-hybridized carbons (Fsp3) is 0.581. The summed E-state index contributed by atoms with van der Waals surface area (Å²) in [6.45, 7) is 7.97. The SMILES string of the molecule is Cc1ncsc1-c1ccc(CNC(=O)[C@@H]2C[C@@H](O)CN2C(=O)[C@@H](NC(=O)C2CC3(CC(C=O)C3)C2)C(C)(C)C)cc1. The van der Waals surface area contributed by atoms with E-state index in [1.54, 1.807) is 11.3 Å². The van der Waals surface area contributed by atoms with Crippen molar-refractivity contribution in [3.8, 4) is 10.4 Å². The summed E-state index contributed by atoms with van der Waals surface area (Å²) in [6.07, 6.45) is 3.52. The number of aryl methyl sites for hydroxylation is 1. The summed E-state index contributed by atoms with van der Waals surface area (Å²) in [7, 11) is 0. The molecule has 220 valence electrons. The van der Waals surface area contributed by atoms with Gasteiger partial charge in [0.15, 0.2) is 0 Å². The third-order valence-electron chi connectivity index (χ3n) is 9.01. The Bertz CT molecular complexity index is 1300. The van der Waals surface area contributed by atoms with Gasteiger partial charge in [-0.25, -0.2) is 4.98 Å². The van der Waals surface area contributed by atoms with Crippen molar-refractivity contribution in [1.29, 1.82) is 0 Å². The number of carbonyl (C=O) groups is 4. The molecule has 2 heterocycles. The van der Waals surface area contributed by atoms with Crippen LogP contribution in [0.4, 0.5) is 0 Å². The Labute approximate surface area is 245 Å². The van der Waals surface area contributed by atoms with Crippen molar-refractivity contribution in [3.63, 3.8) is 0 Å². The average Bonchev–Trinajstić information content (AvgIpc) is 3.49. The third kappa shape index (κ3) is 6.09. The van der Waals surface area contributed by atoms with Gasteiger partial charge in [-0.05, 0) is 54.6 Å². The zero-order valence-corrected chi connectivity index (χ0v) is 25.0. The standard InChI is InChI=1S/C31H40N4O5S/c1-18-25(41-17-33-18)21-7-5-19(6-8-21)14-32-28(39)24-9-23(37)15-35(24)29(40)26(30(2,3)4)34-27(38)22-12-31(13-22)10-20(11-31)16-36/h5-8,16-17,20,22-24,26,37H,9-15H2,1-4H3,(H,32,39)(H,34,38)/t20?,22?,23-,24+,26-,31?/m1/s1. The molecule has 1 aromatic heterocycles. The van der Waals surface area contributed by atoms with Crippen LogP contribution in [0.25, 0.3) is 10.4 Å². The molecule has 10 heteroatoms. The molecule has 3 amide bonds. The molecule has 0 unspecified atom stereocenters. The highest BCUT2D eigenvalue weighted by Crippen LogP contribution is 2.60. The lowest BCUT2D eigenvalue weighted by Crippen LogP contribution is -2.60. The first kappa shape index (κ1) is 29.4. The number of aromatic nitrogens is 1. The largest absolute Gasteiger partial charge is 0.391 e. The van der Waals surface area contributed by atoms with E-state index in [4.69, 9.17) is 0 Å². The number of hydrogen-bond donors (Lipinski definition) is 3. The monoisotopic (exact) mass is 580 g/mol. The molecule has 0 bridgehead atoms. The molecule has 3 atom stereocenters. The van der Waals surface area contributed by atoms with Gasteiger partial charge in [0, 0.05) is 31.3 Å². The number of nitrogens with zero attached hydrogens (tertiary/aromatic N) is 2. The van der Waals surface area contributed by atoms with Crippen molar-refractivity contribution in [2.24, 2.45) is 22.7 Å². The lowest BCUT2D eigenvalue weighted by Gasteiger charge is -2.56. The van der Waals surface area contributed by atoms with Gasteiger partial charge in [-0.1, -0.05) is 45.0 Å². The van der Waals surface area contributed by atoms with Gasteiger partial charge in [-0.15, -0.1) is 11.3 Å². The van der Waals surface area contributed by atoms with E-state index < -0.39 is 23.6 Å². The van der Waals surface area contributed by atoms with Crippen LogP contribution in [-0.2, 0) is 25.7 Å². The van der Waals surface area contributed by atoms with Gasteiger partial charge in [0.1, 0.15) is 18.4 Å². The molecule has 3 aliphatic rings.